The predicted molar refractivity (Wildman–Crippen MR) is 70.0 cm³/mol. The summed E-state index contributed by atoms with van der Waals surface area (Å²) in [6.45, 7) is 12.7. The lowest BCUT2D eigenvalue weighted by Crippen LogP contribution is -2.32. The topological polar surface area (TPSA) is 52.6 Å². The van der Waals surface area contributed by atoms with Crippen LogP contribution in [0.3, 0.4) is 0 Å². The van der Waals surface area contributed by atoms with Gasteiger partial charge in [0.05, 0.1) is 5.41 Å². The Bertz CT molecular complexity index is 297. The average molecular weight is 258 g/mol. The zero-order valence-corrected chi connectivity index (χ0v) is 12.6. The predicted octanol–water partition coefficient (Wildman–Crippen LogP) is 2.94. The first-order valence-corrected chi connectivity index (χ1v) is 6.33. The highest BCUT2D eigenvalue weighted by Gasteiger charge is 2.31. The van der Waals surface area contributed by atoms with Crippen molar-refractivity contribution in [3.8, 4) is 0 Å². The molecule has 4 nitrogen and oxygen atoms in total. The summed E-state index contributed by atoms with van der Waals surface area (Å²) in [5.41, 5.74) is -1.13. The van der Waals surface area contributed by atoms with Crippen LogP contribution in [0.1, 0.15) is 54.9 Å². The van der Waals surface area contributed by atoms with Gasteiger partial charge < -0.3 is 9.47 Å². The second kappa shape index (κ2) is 6.21. The fraction of sp³-hybridized carbons (Fsp3) is 0.857. The highest BCUT2D eigenvalue weighted by Crippen LogP contribution is 2.26. The van der Waals surface area contributed by atoms with E-state index < -0.39 is 17.0 Å². The summed E-state index contributed by atoms with van der Waals surface area (Å²) in [7, 11) is 0. The lowest BCUT2D eigenvalue weighted by atomic mass is 9.84. The molecule has 0 N–H and O–H groups in total. The largest absolute Gasteiger partial charge is 0.457 e. The summed E-state index contributed by atoms with van der Waals surface area (Å²) in [6, 6.07) is 0. The van der Waals surface area contributed by atoms with Crippen molar-refractivity contribution in [2.75, 3.05) is 6.61 Å². The number of ether oxygens (including phenoxy) is 2. The molecular weight excluding hydrogens is 232 g/mol. The SMILES string of the molecule is CC(C)CC(C)(C)C(=O)OCC(=O)OC(C)(C)C. The van der Waals surface area contributed by atoms with E-state index in [1.54, 1.807) is 20.8 Å². The molecule has 0 heterocycles. The van der Waals surface area contributed by atoms with Crippen molar-refractivity contribution < 1.29 is 19.1 Å². The molecule has 0 saturated carbocycles. The molecule has 0 aliphatic heterocycles. The Labute approximate surface area is 110 Å². The van der Waals surface area contributed by atoms with Crippen LogP contribution in [0.25, 0.3) is 0 Å². The minimum atomic E-state index is -0.573. The maximum Gasteiger partial charge on any atom is 0.344 e. The van der Waals surface area contributed by atoms with Crippen LogP contribution in [-0.4, -0.2) is 24.1 Å². The van der Waals surface area contributed by atoms with Crippen LogP contribution in [-0.2, 0) is 19.1 Å². The molecule has 0 aromatic heterocycles. The van der Waals surface area contributed by atoms with Crippen LogP contribution in [0.4, 0.5) is 0 Å². The first kappa shape index (κ1) is 16.9. The number of esters is 2. The molecule has 18 heavy (non-hydrogen) atoms. The third-order valence-corrected chi connectivity index (χ3v) is 2.21. The molecule has 0 unspecified atom stereocenters. The van der Waals surface area contributed by atoms with Crippen molar-refractivity contribution in [1.82, 2.24) is 0 Å². The first-order valence-electron chi connectivity index (χ1n) is 6.33. The second-order valence-corrected chi connectivity index (χ2v) is 6.64. The molecular formula is C14H26O4. The van der Waals surface area contributed by atoms with Gasteiger partial charge in [-0.05, 0) is 47.0 Å². The number of hydrogen-bond acceptors (Lipinski definition) is 4. The summed E-state index contributed by atoms with van der Waals surface area (Å²) >= 11 is 0. The van der Waals surface area contributed by atoms with Crippen molar-refractivity contribution in [3.63, 3.8) is 0 Å². The van der Waals surface area contributed by atoms with Gasteiger partial charge in [-0.3, -0.25) is 4.79 Å². The normalized spacial score (nSPS) is 12.4. The summed E-state index contributed by atoms with van der Waals surface area (Å²) in [4.78, 5) is 23.3. The van der Waals surface area contributed by atoms with Gasteiger partial charge in [-0.15, -0.1) is 0 Å². The molecule has 0 saturated heterocycles. The van der Waals surface area contributed by atoms with Crippen molar-refractivity contribution >= 4 is 11.9 Å². The van der Waals surface area contributed by atoms with Crippen LogP contribution in [0.15, 0.2) is 0 Å². The molecule has 0 aliphatic rings. The van der Waals surface area contributed by atoms with Gasteiger partial charge in [0.1, 0.15) is 5.60 Å². The van der Waals surface area contributed by atoms with Crippen LogP contribution < -0.4 is 0 Å². The Morgan fingerprint density at radius 3 is 1.94 bits per heavy atom. The van der Waals surface area contributed by atoms with Gasteiger partial charge in [-0.2, -0.15) is 0 Å². The quantitative estimate of drug-likeness (QED) is 0.711. The molecule has 0 atom stereocenters. The number of rotatable bonds is 5. The lowest BCUT2D eigenvalue weighted by Gasteiger charge is -2.25. The van der Waals surface area contributed by atoms with Crippen molar-refractivity contribution in [2.45, 2.75) is 60.5 Å². The minimum Gasteiger partial charge on any atom is -0.457 e. The van der Waals surface area contributed by atoms with Crippen molar-refractivity contribution in [2.24, 2.45) is 11.3 Å². The zero-order valence-electron chi connectivity index (χ0n) is 12.6. The fourth-order valence-corrected chi connectivity index (χ4v) is 1.79. The van der Waals surface area contributed by atoms with Crippen LogP contribution in [0.5, 0.6) is 0 Å². The third kappa shape index (κ3) is 7.30. The van der Waals surface area contributed by atoms with Crippen molar-refractivity contribution in [3.05, 3.63) is 0 Å². The Kier molecular flexibility index (Phi) is 5.84. The van der Waals surface area contributed by atoms with Gasteiger partial charge in [-0.1, -0.05) is 13.8 Å². The van der Waals surface area contributed by atoms with E-state index in [1.165, 1.54) is 0 Å². The molecule has 0 radical (unpaired) electrons. The van der Waals surface area contributed by atoms with E-state index in [0.29, 0.717) is 5.92 Å². The van der Waals surface area contributed by atoms with E-state index in [1.807, 2.05) is 27.7 Å². The Hall–Kier alpha value is -1.06. The van der Waals surface area contributed by atoms with Gasteiger partial charge in [-0.25, -0.2) is 4.79 Å². The zero-order chi connectivity index (χ0) is 14.6. The number of hydrogen-bond donors (Lipinski definition) is 0. The Morgan fingerprint density at radius 1 is 1.06 bits per heavy atom. The highest BCUT2D eigenvalue weighted by atomic mass is 16.6. The number of carbonyl (C=O) groups is 2. The monoisotopic (exact) mass is 258 g/mol. The van der Waals surface area contributed by atoms with E-state index in [0.717, 1.165) is 6.42 Å². The van der Waals surface area contributed by atoms with Gasteiger partial charge in [0.2, 0.25) is 0 Å². The van der Waals surface area contributed by atoms with Crippen LogP contribution >= 0.6 is 0 Å². The fourth-order valence-electron chi connectivity index (χ4n) is 1.79. The van der Waals surface area contributed by atoms with E-state index >= 15 is 0 Å². The molecule has 0 bridgehead atoms. The average Bonchev–Trinajstić information content (AvgIpc) is 2.08. The molecule has 0 amide bonds. The molecule has 0 aliphatic carbocycles. The molecule has 0 spiro atoms. The Morgan fingerprint density at radius 2 is 1.56 bits per heavy atom. The summed E-state index contributed by atoms with van der Waals surface area (Å²) in [5.74, 6) is -0.479. The summed E-state index contributed by atoms with van der Waals surface area (Å²) < 4.78 is 10.1. The Balaban J connectivity index is 4.22. The second-order valence-electron chi connectivity index (χ2n) is 6.64. The molecule has 4 heteroatoms. The maximum atomic E-state index is 11.8. The van der Waals surface area contributed by atoms with Gasteiger partial charge in [0, 0.05) is 0 Å². The van der Waals surface area contributed by atoms with Gasteiger partial charge in [0.15, 0.2) is 6.61 Å². The van der Waals surface area contributed by atoms with E-state index in [2.05, 4.69) is 0 Å². The van der Waals surface area contributed by atoms with Crippen molar-refractivity contribution in [1.29, 1.82) is 0 Å². The molecule has 0 rings (SSSR count). The standard InChI is InChI=1S/C14H26O4/c1-10(2)8-14(6,7)12(16)17-9-11(15)18-13(3,4)5/h10H,8-9H2,1-7H3. The molecule has 0 fully saturated rings. The maximum absolute atomic E-state index is 11.8. The summed E-state index contributed by atoms with van der Waals surface area (Å²) in [5, 5.41) is 0. The molecule has 0 aromatic rings. The minimum absolute atomic E-state index is 0.322. The van der Waals surface area contributed by atoms with E-state index in [-0.39, 0.29) is 12.6 Å². The van der Waals surface area contributed by atoms with Gasteiger partial charge in [0.25, 0.3) is 0 Å². The first-order chi connectivity index (χ1) is 7.94. The van der Waals surface area contributed by atoms with Crippen LogP contribution in [0.2, 0.25) is 0 Å². The van der Waals surface area contributed by atoms with E-state index in [4.69, 9.17) is 9.47 Å². The van der Waals surface area contributed by atoms with Gasteiger partial charge >= 0.3 is 11.9 Å². The van der Waals surface area contributed by atoms with Crippen LogP contribution in [0, 0.1) is 11.3 Å². The summed E-state index contributed by atoms with van der Waals surface area (Å²) in [6.07, 6.45) is 0.722. The third-order valence-electron chi connectivity index (χ3n) is 2.21. The lowest BCUT2D eigenvalue weighted by molar-refractivity contribution is -0.171. The highest BCUT2D eigenvalue weighted by molar-refractivity contribution is 5.79. The molecule has 0 aromatic carbocycles. The van der Waals surface area contributed by atoms with E-state index in [9.17, 15) is 9.59 Å². The number of carbonyl (C=O) groups excluding carboxylic acids is 2. The molecule has 106 valence electrons. The smallest absolute Gasteiger partial charge is 0.344 e.